The van der Waals surface area contributed by atoms with Crippen molar-refractivity contribution >= 4 is 11.6 Å². The van der Waals surface area contributed by atoms with Gasteiger partial charge in [0, 0.05) is 10.8 Å². The van der Waals surface area contributed by atoms with Gasteiger partial charge in [0.15, 0.2) is 0 Å². The molecule has 0 saturated heterocycles. The SMILES string of the molecule is CC1(C)CCC2CCC(C)(C)C(=O)C2C1=O. The number of fused-ring (bicyclic) bond motifs is 1. The van der Waals surface area contributed by atoms with Crippen LogP contribution in [-0.2, 0) is 9.59 Å². The molecule has 0 N–H and O–H groups in total. The second-order valence-corrected chi connectivity index (χ2v) is 6.81. The van der Waals surface area contributed by atoms with Gasteiger partial charge in [-0.3, -0.25) is 9.59 Å². The summed E-state index contributed by atoms with van der Waals surface area (Å²) in [6, 6.07) is 0. The topological polar surface area (TPSA) is 34.1 Å². The van der Waals surface area contributed by atoms with Gasteiger partial charge in [0.25, 0.3) is 0 Å². The molecule has 0 heterocycles. The Morgan fingerprint density at radius 1 is 0.875 bits per heavy atom. The van der Waals surface area contributed by atoms with E-state index in [0.717, 1.165) is 25.7 Å². The van der Waals surface area contributed by atoms with Gasteiger partial charge in [-0.15, -0.1) is 0 Å². The van der Waals surface area contributed by atoms with Crippen molar-refractivity contribution < 1.29 is 9.59 Å². The first kappa shape index (κ1) is 11.8. The molecule has 0 aromatic heterocycles. The molecule has 0 aromatic carbocycles. The Morgan fingerprint density at radius 2 is 1.25 bits per heavy atom. The van der Waals surface area contributed by atoms with E-state index in [1.54, 1.807) is 0 Å². The lowest BCUT2D eigenvalue weighted by Gasteiger charge is -2.45. The van der Waals surface area contributed by atoms with Crippen LogP contribution in [0.2, 0.25) is 0 Å². The summed E-state index contributed by atoms with van der Waals surface area (Å²) in [7, 11) is 0. The zero-order valence-electron chi connectivity index (χ0n) is 10.8. The minimum Gasteiger partial charge on any atom is -0.298 e. The van der Waals surface area contributed by atoms with Crippen molar-refractivity contribution in [2.75, 3.05) is 0 Å². The van der Waals surface area contributed by atoms with Crippen molar-refractivity contribution in [3.8, 4) is 0 Å². The summed E-state index contributed by atoms with van der Waals surface area (Å²) in [5.74, 6) is 0.427. The van der Waals surface area contributed by atoms with E-state index < -0.39 is 0 Å². The van der Waals surface area contributed by atoms with Gasteiger partial charge in [0.1, 0.15) is 11.6 Å². The molecule has 90 valence electrons. The van der Waals surface area contributed by atoms with E-state index >= 15 is 0 Å². The first-order chi connectivity index (χ1) is 7.26. The normalized spacial score (nSPS) is 37.0. The molecule has 16 heavy (non-hydrogen) atoms. The predicted molar refractivity (Wildman–Crippen MR) is 63.0 cm³/mol. The van der Waals surface area contributed by atoms with Gasteiger partial charge in [-0.1, -0.05) is 27.7 Å². The average molecular weight is 222 g/mol. The Labute approximate surface area is 97.8 Å². The van der Waals surface area contributed by atoms with Gasteiger partial charge in [0.2, 0.25) is 0 Å². The van der Waals surface area contributed by atoms with Crippen molar-refractivity contribution in [1.82, 2.24) is 0 Å². The highest BCUT2D eigenvalue weighted by Gasteiger charge is 2.52. The third-order valence-corrected chi connectivity index (χ3v) is 4.65. The Hall–Kier alpha value is -0.660. The summed E-state index contributed by atoms with van der Waals surface area (Å²) in [4.78, 5) is 24.7. The standard InChI is InChI=1S/C14H22O2/c1-13(2)7-5-9-6-8-14(3,4)12(16)10(9)11(13)15/h9-10H,5-8H2,1-4H3. The fraction of sp³-hybridized carbons (Fsp3) is 0.857. The molecule has 2 aliphatic rings. The van der Waals surface area contributed by atoms with Gasteiger partial charge >= 0.3 is 0 Å². The Morgan fingerprint density at radius 3 is 1.62 bits per heavy atom. The van der Waals surface area contributed by atoms with Gasteiger partial charge < -0.3 is 0 Å². The third kappa shape index (κ3) is 1.63. The summed E-state index contributed by atoms with van der Waals surface area (Å²) < 4.78 is 0. The lowest BCUT2D eigenvalue weighted by molar-refractivity contribution is -0.152. The summed E-state index contributed by atoms with van der Waals surface area (Å²) in [6.45, 7) is 7.95. The highest BCUT2D eigenvalue weighted by Crippen LogP contribution is 2.48. The largest absolute Gasteiger partial charge is 0.298 e. The van der Waals surface area contributed by atoms with Gasteiger partial charge in [-0.2, -0.15) is 0 Å². The smallest absolute Gasteiger partial charge is 0.149 e. The van der Waals surface area contributed by atoms with Crippen molar-refractivity contribution in [1.29, 1.82) is 0 Å². The zero-order valence-corrected chi connectivity index (χ0v) is 10.8. The number of carbonyl (C=O) groups excluding carboxylic acids is 2. The Kier molecular flexibility index (Phi) is 2.52. The quantitative estimate of drug-likeness (QED) is 0.590. The maximum Gasteiger partial charge on any atom is 0.149 e. The highest BCUT2D eigenvalue weighted by atomic mass is 16.2. The lowest BCUT2D eigenvalue weighted by atomic mass is 9.56. The van der Waals surface area contributed by atoms with E-state index in [9.17, 15) is 9.59 Å². The zero-order chi connectivity index (χ0) is 12.1. The van der Waals surface area contributed by atoms with E-state index in [1.807, 2.05) is 27.7 Å². The average Bonchev–Trinajstić information content (AvgIpc) is 2.18. The van der Waals surface area contributed by atoms with Gasteiger partial charge in [-0.25, -0.2) is 0 Å². The van der Waals surface area contributed by atoms with Crippen molar-refractivity contribution in [2.45, 2.75) is 53.4 Å². The first-order valence-electron chi connectivity index (χ1n) is 6.34. The van der Waals surface area contributed by atoms with Crippen LogP contribution >= 0.6 is 0 Å². The van der Waals surface area contributed by atoms with E-state index in [1.165, 1.54) is 0 Å². The van der Waals surface area contributed by atoms with Crippen LogP contribution in [0.4, 0.5) is 0 Å². The third-order valence-electron chi connectivity index (χ3n) is 4.65. The van der Waals surface area contributed by atoms with Crippen LogP contribution < -0.4 is 0 Å². The molecule has 2 nitrogen and oxygen atoms in total. The number of rotatable bonds is 0. The van der Waals surface area contributed by atoms with Crippen molar-refractivity contribution in [2.24, 2.45) is 22.7 Å². The fourth-order valence-electron chi connectivity index (χ4n) is 3.21. The number of hydrogen-bond acceptors (Lipinski definition) is 2. The van der Waals surface area contributed by atoms with Crippen LogP contribution in [0.25, 0.3) is 0 Å². The number of Topliss-reactive ketones (excluding diaryl/α,β-unsaturated/α-hetero) is 2. The van der Waals surface area contributed by atoms with E-state index in [-0.39, 0.29) is 28.3 Å². The van der Waals surface area contributed by atoms with Crippen LogP contribution in [-0.4, -0.2) is 11.6 Å². The van der Waals surface area contributed by atoms with E-state index in [4.69, 9.17) is 0 Å². The summed E-state index contributed by atoms with van der Waals surface area (Å²) in [5, 5.41) is 0. The molecule has 2 saturated carbocycles. The molecule has 2 fully saturated rings. The molecule has 2 rings (SSSR count). The summed E-state index contributed by atoms with van der Waals surface area (Å²) in [6.07, 6.45) is 3.98. The molecular formula is C14H22O2. The van der Waals surface area contributed by atoms with Gasteiger partial charge in [0.05, 0.1) is 5.92 Å². The fourth-order valence-corrected chi connectivity index (χ4v) is 3.21. The monoisotopic (exact) mass is 222 g/mol. The molecule has 0 unspecified atom stereocenters. The minimum atomic E-state index is -0.299. The van der Waals surface area contributed by atoms with E-state index in [2.05, 4.69) is 0 Å². The second-order valence-electron chi connectivity index (χ2n) is 6.81. The molecule has 2 heteroatoms. The molecule has 0 amide bonds. The van der Waals surface area contributed by atoms with Crippen molar-refractivity contribution in [3.05, 3.63) is 0 Å². The van der Waals surface area contributed by atoms with Crippen LogP contribution in [0.3, 0.4) is 0 Å². The molecule has 0 bridgehead atoms. The number of hydrogen-bond donors (Lipinski definition) is 0. The molecule has 0 spiro atoms. The number of carbonyl (C=O) groups is 2. The van der Waals surface area contributed by atoms with Crippen LogP contribution in [0, 0.1) is 22.7 Å². The van der Waals surface area contributed by atoms with Crippen LogP contribution in [0.15, 0.2) is 0 Å². The molecule has 0 aromatic rings. The Balaban J connectivity index is 2.32. The lowest BCUT2D eigenvalue weighted by Crippen LogP contribution is -2.51. The van der Waals surface area contributed by atoms with Crippen LogP contribution in [0.1, 0.15) is 53.4 Å². The van der Waals surface area contributed by atoms with E-state index in [0.29, 0.717) is 5.92 Å². The maximum atomic E-state index is 12.4. The molecule has 0 atom stereocenters. The van der Waals surface area contributed by atoms with Crippen molar-refractivity contribution in [3.63, 3.8) is 0 Å². The second kappa shape index (κ2) is 3.41. The van der Waals surface area contributed by atoms with Gasteiger partial charge in [-0.05, 0) is 31.6 Å². The molecule has 0 radical (unpaired) electrons. The predicted octanol–water partition coefficient (Wildman–Crippen LogP) is 3.00. The molecule has 0 aliphatic heterocycles. The highest BCUT2D eigenvalue weighted by molar-refractivity contribution is 6.07. The maximum absolute atomic E-state index is 12.4. The number of ketones is 2. The summed E-state index contributed by atoms with van der Waals surface area (Å²) >= 11 is 0. The molecule has 2 aliphatic carbocycles. The summed E-state index contributed by atoms with van der Waals surface area (Å²) in [5.41, 5.74) is -0.575. The minimum absolute atomic E-state index is 0.196. The van der Waals surface area contributed by atoms with Crippen LogP contribution in [0.5, 0.6) is 0 Å². The first-order valence-corrected chi connectivity index (χ1v) is 6.34. The Bertz CT molecular complexity index is 307. The molecular weight excluding hydrogens is 200 g/mol.